The first-order valence-electron chi connectivity index (χ1n) is 11.7. The molecule has 1 unspecified atom stereocenters. The molecule has 3 atom stereocenters. The summed E-state index contributed by atoms with van der Waals surface area (Å²) < 4.78 is 2.03. The number of fused-ring (bicyclic) bond motifs is 2. The van der Waals surface area contributed by atoms with Crippen LogP contribution in [0.2, 0.25) is 0 Å². The molecule has 3 heterocycles. The lowest BCUT2D eigenvalue weighted by molar-refractivity contribution is -0.120. The summed E-state index contributed by atoms with van der Waals surface area (Å²) in [6.45, 7) is 2.08. The molecular weight excluding hydrogens is 410 g/mol. The van der Waals surface area contributed by atoms with Gasteiger partial charge in [-0.1, -0.05) is 65.4 Å². The van der Waals surface area contributed by atoms with Crippen LogP contribution >= 0.6 is 0 Å². The third kappa shape index (κ3) is 3.42. The summed E-state index contributed by atoms with van der Waals surface area (Å²) in [7, 11) is 0. The largest absolute Gasteiger partial charge is 0.295 e. The normalized spacial score (nSPS) is 23.2. The zero-order valence-corrected chi connectivity index (χ0v) is 18.7. The molecule has 2 aliphatic rings. The van der Waals surface area contributed by atoms with Gasteiger partial charge in [0.2, 0.25) is 5.91 Å². The minimum atomic E-state index is -0.244. The Kier molecular flexibility index (Phi) is 4.95. The van der Waals surface area contributed by atoms with Gasteiger partial charge in [-0.05, 0) is 62.4 Å². The number of hydrogen-bond donors (Lipinski definition) is 0. The van der Waals surface area contributed by atoms with Crippen LogP contribution in [0, 0.1) is 6.92 Å². The smallest absolute Gasteiger partial charge is 0.246 e. The van der Waals surface area contributed by atoms with Crippen LogP contribution in [0.3, 0.4) is 0 Å². The lowest BCUT2D eigenvalue weighted by Crippen LogP contribution is -2.48. The lowest BCUT2D eigenvalue weighted by Gasteiger charge is -2.41. The highest BCUT2D eigenvalue weighted by Gasteiger charge is 2.51. The van der Waals surface area contributed by atoms with E-state index in [-0.39, 0.29) is 24.3 Å². The van der Waals surface area contributed by atoms with Crippen molar-refractivity contribution in [3.8, 4) is 0 Å². The Morgan fingerprint density at radius 3 is 2.42 bits per heavy atom. The van der Waals surface area contributed by atoms with Crippen molar-refractivity contribution in [1.29, 1.82) is 0 Å². The zero-order valence-electron chi connectivity index (χ0n) is 18.7. The minimum Gasteiger partial charge on any atom is -0.295 e. The molecule has 33 heavy (non-hydrogen) atoms. The minimum absolute atomic E-state index is 0.00984. The Morgan fingerprint density at radius 1 is 0.879 bits per heavy atom. The predicted molar refractivity (Wildman–Crippen MR) is 129 cm³/mol. The average Bonchev–Trinajstić information content (AvgIpc) is 3.40. The first kappa shape index (κ1) is 20.1. The van der Waals surface area contributed by atoms with Gasteiger partial charge in [0.1, 0.15) is 11.7 Å². The number of anilines is 1. The van der Waals surface area contributed by atoms with Crippen molar-refractivity contribution in [3.05, 3.63) is 90.0 Å². The molecule has 1 aromatic heterocycles. The molecule has 3 aromatic carbocycles. The van der Waals surface area contributed by atoms with Crippen molar-refractivity contribution in [2.45, 2.75) is 51.0 Å². The Morgan fingerprint density at radius 2 is 1.61 bits per heavy atom. The molecule has 2 saturated heterocycles. The maximum Gasteiger partial charge on any atom is 0.246 e. The SMILES string of the molecule is Cc1ccc(N2C(=O)[C@H](Cc3ccccc3)N3C(n4nnc5ccccc54)CCC[C@@H]23)cc1. The summed E-state index contributed by atoms with van der Waals surface area (Å²) in [6, 6.07) is 26.5. The van der Waals surface area contributed by atoms with Crippen LogP contribution in [0.4, 0.5) is 5.69 Å². The first-order valence-corrected chi connectivity index (χ1v) is 11.7. The van der Waals surface area contributed by atoms with E-state index < -0.39 is 0 Å². The fraction of sp³-hybridized carbons (Fsp3) is 0.296. The van der Waals surface area contributed by atoms with Crippen molar-refractivity contribution in [3.63, 3.8) is 0 Å². The fourth-order valence-corrected chi connectivity index (χ4v) is 5.48. The number of amides is 1. The van der Waals surface area contributed by atoms with E-state index in [1.54, 1.807) is 0 Å². The quantitative estimate of drug-likeness (QED) is 0.464. The van der Waals surface area contributed by atoms with Gasteiger partial charge < -0.3 is 0 Å². The van der Waals surface area contributed by atoms with E-state index in [1.165, 1.54) is 11.1 Å². The number of para-hydroxylation sites is 1. The van der Waals surface area contributed by atoms with Crippen molar-refractivity contribution >= 4 is 22.6 Å². The molecule has 2 fully saturated rings. The highest BCUT2D eigenvalue weighted by atomic mass is 16.2. The monoisotopic (exact) mass is 437 g/mol. The highest BCUT2D eigenvalue weighted by Crippen LogP contribution is 2.42. The van der Waals surface area contributed by atoms with Gasteiger partial charge in [-0.3, -0.25) is 9.69 Å². The van der Waals surface area contributed by atoms with Gasteiger partial charge in [-0.15, -0.1) is 5.10 Å². The molecule has 4 aromatic rings. The van der Waals surface area contributed by atoms with E-state index in [1.807, 2.05) is 46.0 Å². The molecule has 0 aliphatic carbocycles. The summed E-state index contributed by atoms with van der Waals surface area (Å²) in [5, 5.41) is 8.96. The van der Waals surface area contributed by atoms with Crippen LogP contribution in [0.1, 0.15) is 36.6 Å². The number of benzene rings is 3. The Labute approximate surface area is 193 Å². The van der Waals surface area contributed by atoms with Crippen molar-refractivity contribution in [1.82, 2.24) is 19.9 Å². The van der Waals surface area contributed by atoms with E-state index >= 15 is 0 Å². The highest BCUT2D eigenvalue weighted by molar-refractivity contribution is 6.00. The van der Waals surface area contributed by atoms with Gasteiger partial charge >= 0.3 is 0 Å². The van der Waals surface area contributed by atoms with Crippen LogP contribution in [0.15, 0.2) is 78.9 Å². The van der Waals surface area contributed by atoms with E-state index in [2.05, 4.69) is 64.6 Å². The second-order valence-corrected chi connectivity index (χ2v) is 9.11. The van der Waals surface area contributed by atoms with E-state index in [4.69, 9.17) is 0 Å². The van der Waals surface area contributed by atoms with Gasteiger partial charge in [-0.25, -0.2) is 9.58 Å². The summed E-state index contributed by atoms with van der Waals surface area (Å²) in [6.07, 6.45) is 3.62. The number of nitrogens with zero attached hydrogens (tertiary/aromatic N) is 5. The predicted octanol–water partition coefficient (Wildman–Crippen LogP) is 4.71. The van der Waals surface area contributed by atoms with Gasteiger partial charge in [0, 0.05) is 5.69 Å². The Hall–Kier alpha value is -3.51. The van der Waals surface area contributed by atoms with Crippen LogP contribution in [-0.4, -0.2) is 38.0 Å². The fourth-order valence-electron chi connectivity index (χ4n) is 5.48. The second kappa shape index (κ2) is 8.12. The molecular formula is C27H27N5O. The standard InChI is InChI=1S/C27H27N5O/c1-19-14-16-21(17-15-19)30-25-12-7-13-26(32-23-11-6-5-10-22(23)28-29-32)31(25)24(27(30)33)18-20-8-3-2-4-9-20/h2-6,8-11,14-17,24-26H,7,12-13,18H2,1H3/t24-,25-,26?/m0/s1. The molecule has 1 amide bonds. The average molecular weight is 438 g/mol. The van der Waals surface area contributed by atoms with Gasteiger partial charge in [-0.2, -0.15) is 0 Å². The lowest BCUT2D eigenvalue weighted by atomic mass is 10.0. The topological polar surface area (TPSA) is 54.3 Å². The third-order valence-electron chi connectivity index (χ3n) is 7.04. The van der Waals surface area contributed by atoms with E-state index in [0.717, 1.165) is 36.0 Å². The van der Waals surface area contributed by atoms with Gasteiger partial charge in [0.05, 0.1) is 17.7 Å². The van der Waals surface area contributed by atoms with E-state index in [0.29, 0.717) is 6.42 Å². The maximum atomic E-state index is 14.0. The number of aromatic nitrogens is 3. The third-order valence-corrected chi connectivity index (χ3v) is 7.04. The number of hydrogen-bond acceptors (Lipinski definition) is 4. The van der Waals surface area contributed by atoms with Crippen LogP contribution < -0.4 is 4.90 Å². The van der Waals surface area contributed by atoms with Crippen LogP contribution in [0.25, 0.3) is 11.0 Å². The van der Waals surface area contributed by atoms with Crippen molar-refractivity contribution in [2.75, 3.05) is 4.90 Å². The molecule has 0 bridgehead atoms. The number of aryl methyl sites for hydroxylation is 1. The zero-order chi connectivity index (χ0) is 22.4. The number of carbonyl (C=O) groups excluding carboxylic acids is 1. The Bertz CT molecular complexity index is 1280. The summed E-state index contributed by atoms with van der Waals surface area (Å²) >= 11 is 0. The molecule has 0 saturated carbocycles. The van der Waals surface area contributed by atoms with Crippen LogP contribution in [0.5, 0.6) is 0 Å². The molecule has 166 valence electrons. The number of piperidine rings is 1. The summed E-state index contributed by atoms with van der Waals surface area (Å²) in [4.78, 5) is 18.4. The van der Waals surface area contributed by atoms with Crippen LogP contribution in [-0.2, 0) is 11.2 Å². The maximum absolute atomic E-state index is 14.0. The molecule has 0 N–H and O–H groups in total. The number of rotatable bonds is 4. The van der Waals surface area contributed by atoms with Gasteiger partial charge in [0.15, 0.2) is 0 Å². The molecule has 0 spiro atoms. The van der Waals surface area contributed by atoms with Crippen molar-refractivity contribution < 1.29 is 4.79 Å². The molecule has 6 nitrogen and oxygen atoms in total. The molecule has 6 heteroatoms. The van der Waals surface area contributed by atoms with Crippen molar-refractivity contribution in [2.24, 2.45) is 0 Å². The summed E-state index contributed by atoms with van der Waals surface area (Å²) in [5.74, 6) is 0.170. The first-order chi connectivity index (χ1) is 16.2. The molecule has 6 rings (SSSR count). The molecule has 0 radical (unpaired) electrons. The van der Waals surface area contributed by atoms with Gasteiger partial charge in [0.25, 0.3) is 0 Å². The van der Waals surface area contributed by atoms with E-state index in [9.17, 15) is 4.79 Å². The summed E-state index contributed by atoms with van der Waals surface area (Å²) in [5.41, 5.74) is 5.25. The number of carbonyl (C=O) groups is 1. The molecule has 2 aliphatic heterocycles. The Balaban J connectivity index is 1.45. The second-order valence-electron chi connectivity index (χ2n) is 9.11.